The Morgan fingerprint density at radius 3 is 2.17 bits per heavy atom. The maximum atomic E-state index is 14.3. The Morgan fingerprint density at radius 1 is 0.891 bits per heavy atom. The predicted molar refractivity (Wildman–Crippen MR) is 173 cm³/mol. The number of fused-ring (bicyclic) bond motifs is 1. The standard InChI is InChI=1S/C34H27BrFN7O3/c1-44-26-12-8-22(9-13-26)19-42(20-23-10-14-27(45-2)15-11-23)34-39-31(25-6-3-5-24(17-25)18-37)30(35)32-40-33(41-43(32)34)46-21-29-28(36)7-4-16-38-29/h3-17H,19-21H2,1-2H3. The molecule has 6 rings (SSSR count). The van der Waals surface area contributed by atoms with Crippen molar-refractivity contribution in [3.63, 3.8) is 0 Å². The molecule has 0 fully saturated rings. The minimum Gasteiger partial charge on any atom is -0.497 e. The molecule has 0 saturated carbocycles. The minimum absolute atomic E-state index is 0.0190. The zero-order valence-electron chi connectivity index (χ0n) is 24.9. The fraction of sp³-hybridized carbons (Fsp3) is 0.147. The summed E-state index contributed by atoms with van der Waals surface area (Å²) in [4.78, 5) is 15.9. The first kappa shape index (κ1) is 30.5. The third-order valence-electron chi connectivity index (χ3n) is 7.18. The fourth-order valence-electron chi connectivity index (χ4n) is 4.83. The van der Waals surface area contributed by atoms with Gasteiger partial charge in [0.15, 0.2) is 5.65 Å². The second-order valence-corrected chi connectivity index (χ2v) is 11.0. The smallest absolute Gasteiger partial charge is 0.336 e. The molecule has 12 heteroatoms. The average molecular weight is 681 g/mol. The zero-order chi connectivity index (χ0) is 32.0. The van der Waals surface area contributed by atoms with Crippen molar-refractivity contribution in [2.75, 3.05) is 19.1 Å². The Morgan fingerprint density at radius 2 is 1.57 bits per heavy atom. The number of halogens is 2. The Bertz CT molecular complexity index is 1980. The molecule has 3 aromatic carbocycles. The van der Waals surface area contributed by atoms with Crippen LogP contribution in [0.2, 0.25) is 0 Å². The quantitative estimate of drug-likeness (QED) is 0.147. The molecule has 0 aliphatic carbocycles. The van der Waals surface area contributed by atoms with Crippen LogP contribution in [-0.2, 0) is 19.7 Å². The molecule has 0 unspecified atom stereocenters. The monoisotopic (exact) mass is 679 g/mol. The van der Waals surface area contributed by atoms with Crippen LogP contribution in [0.4, 0.5) is 10.3 Å². The molecule has 6 aromatic rings. The largest absolute Gasteiger partial charge is 0.497 e. The fourth-order valence-corrected chi connectivity index (χ4v) is 5.40. The van der Waals surface area contributed by atoms with Gasteiger partial charge in [-0.25, -0.2) is 9.37 Å². The number of hydrogen-bond donors (Lipinski definition) is 0. The van der Waals surface area contributed by atoms with Gasteiger partial charge in [-0.05, 0) is 75.6 Å². The Labute approximate surface area is 272 Å². The van der Waals surface area contributed by atoms with E-state index in [4.69, 9.17) is 19.2 Å². The number of aromatic nitrogens is 5. The molecule has 10 nitrogen and oxygen atoms in total. The SMILES string of the molecule is COc1ccc(CN(Cc2ccc(OC)cc2)c2nc(-c3cccc(C#N)c3)c(Br)c3nc(OCc4ncccc4F)nn23)cc1. The van der Waals surface area contributed by atoms with Crippen LogP contribution in [0.5, 0.6) is 17.5 Å². The third-order valence-corrected chi connectivity index (χ3v) is 7.91. The highest BCUT2D eigenvalue weighted by molar-refractivity contribution is 9.10. The molecular weight excluding hydrogens is 653 g/mol. The van der Waals surface area contributed by atoms with Crippen LogP contribution in [-0.4, -0.2) is 38.8 Å². The van der Waals surface area contributed by atoms with Crippen molar-refractivity contribution in [2.45, 2.75) is 19.7 Å². The van der Waals surface area contributed by atoms with E-state index in [1.165, 1.54) is 18.3 Å². The molecule has 0 N–H and O–H groups in total. The van der Waals surface area contributed by atoms with Crippen LogP contribution < -0.4 is 19.1 Å². The Balaban J connectivity index is 1.49. The van der Waals surface area contributed by atoms with Gasteiger partial charge in [0.25, 0.3) is 0 Å². The number of anilines is 1. The van der Waals surface area contributed by atoms with Crippen LogP contribution in [0.25, 0.3) is 16.9 Å². The highest BCUT2D eigenvalue weighted by Crippen LogP contribution is 2.34. The van der Waals surface area contributed by atoms with Crippen LogP contribution in [0.15, 0.2) is 95.6 Å². The van der Waals surface area contributed by atoms with Gasteiger partial charge < -0.3 is 19.1 Å². The molecule has 0 amide bonds. The van der Waals surface area contributed by atoms with E-state index in [-0.39, 0.29) is 18.3 Å². The Hall–Kier alpha value is -5.54. The van der Waals surface area contributed by atoms with Crippen molar-refractivity contribution in [2.24, 2.45) is 0 Å². The van der Waals surface area contributed by atoms with Crippen molar-refractivity contribution < 1.29 is 18.6 Å². The maximum Gasteiger partial charge on any atom is 0.336 e. The summed E-state index contributed by atoms with van der Waals surface area (Å²) in [5.41, 5.74) is 4.32. The Kier molecular flexibility index (Phi) is 9.03. The topological polar surface area (TPSA) is 111 Å². The summed E-state index contributed by atoms with van der Waals surface area (Å²) in [6.07, 6.45) is 1.50. The number of nitriles is 1. The normalized spacial score (nSPS) is 10.8. The summed E-state index contributed by atoms with van der Waals surface area (Å²) in [5, 5.41) is 14.2. The molecule has 0 spiro atoms. The molecule has 46 heavy (non-hydrogen) atoms. The predicted octanol–water partition coefficient (Wildman–Crippen LogP) is 6.76. The second kappa shape index (κ2) is 13.6. The molecule has 0 bridgehead atoms. The molecule has 3 aromatic heterocycles. The molecule has 0 aliphatic rings. The van der Waals surface area contributed by atoms with Crippen molar-refractivity contribution in [3.8, 4) is 34.8 Å². The number of pyridine rings is 1. The van der Waals surface area contributed by atoms with Gasteiger partial charge in [-0.2, -0.15) is 14.8 Å². The van der Waals surface area contributed by atoms with Crippen molar-refractivity contribution in [1.82, 2.24) is 24.6 Å². The van der Waals surface area contributed by atoms with Crippen molar-refractivity contribution >= 4 is 27.5 Å². The lowest BCUT2D eigenvalue weighted by Gasteiger charge is -2.25. The highest BCUT2D eigenvalue weighted by Gasteiger charge is 2.23. The van der Waals surface area contributed by atoms with Gasteiger partial charge in [0.05, 0.1) is 36.0 Å². The van der Waals surface area contributed by atoms with Crippen LogP contribution in [0.1, 0.15) is 22.4 Å². The van der Waals surface area contributed by atoms with Gasteiger partial charge in [0, 0.05) is 24.8 Å². The number of nitrogens with zero attached hydrogens (tertiary/aromatic N) is 7. The lowest BCUT2D eigenvalue weighted by Crippen LogP contribution is -2.26. The number of hydrogen-bond acceptors (Lipinski definition) is 9. The lowest BCUT2D eigenvalue weighted by molar-refractivity contribution is 0.271. The van der Waals surface area contributed by atoms with Gasteiger partial charge in [-0.3, -0.25) is 4.98 Å². The zero-order valence-corrected chi connectivity index (χ0v) is 26.5. The highest BCUT2D eigenvalue weighted by atomic mass is 79.9. The molecule has 0 aliphatic heterocycles. The van der Waals surface area contributed by atoms with Gasteiger partial charge in [-0.15, -0.1) is 5.10 Å². The number of benzene rings is 3. The first-order valence-corrected chi connectivity index (χ1v) is 14.9. The van der Waals surface area contributed by atoms with Gasteiger partial charge in [0.1, 0.15) is 29.6 Å². The number of rotatable bonds is 11. The van der Waals surface area contributed by atoms with Crippen LogP contribution >= 0.6 is 15.9 Å². The first-order valence-electron chi connectivity index (χ1n) is 14.2. The first-order chi connectivity index (χ1) is 22.4. The summed E-state index contributed by atoms with van der Waals surface area (Å²) < 4.78 is 33.0. The molecule has 3 heterocycles. The number of methoxy groups -OCH3 is 2. The van der Waals surface area contributed by atoms with E-state index in [0.29, 0.717) is 46.0 Å². The second-order valence-electron chi connectivity index (χ2n) is 10.2. The maximum absolute atomic E-state index is 14.3. The molecular formula is C34H27BrFN7O3. The molecule has 0 saturated heterocycles. The van der Waals surface area contributed by atoms with Gasteiger partial charge in [-0.1, -0.05) is 36.4 Å². The average Bonchev–Trinajstić information content (AvgIpc) is 3.53. The lowest BCUT2D eigenvalue weighted by atomic mass is 10.1. The summed E-state index contributed by atoms with van der Waals surface area (Å²) in [5.74, 6) is 1.47. The molecule has 230 valence electrons. The summed E-state index contributed by atoms with van der Waals surface area (Å²) in [6, 6.07) is 27.8. The molecule has 0 atom stereocenters. The van der Waals surface area contributed by atoms with E-state index in [0.717, 1.165) is 22.6 Å². The van der Waals surface area contributed by atoms with Crippen LogP contribution in [0.3, 0.4) is 0 Å². The van der Waals surface area contributed by atoms with Gasteiger partial charge >= 0.3 is 6.01 Å². The van der Waals surface area contributed by atoms with E-state index in [9.17, 15) is 9.65 Å². The summed E-state index contributed by atoms with van der Waals surface area (Å²) in [6.45, 7) is 0.738. The minimum atomic E-state index is -0.486. The van der Waals surface area contributed by atoms with Crippen LogP contribution in [0, 0.1) is 17.1 Å². The van der Waals surface area contributed by atoms with E-state index in [1.807, 2.05) is 54.6 Å². The van der Waals surface area contributed by atoms with Crippen molar-refractivity contribution in [1.29, 1.82) is 5.26 Å². The third kappa shape index (κ3) is 6.60. The van der Waals surface area contributed by atoms with E-state index < -0.39 is 5.82 Å². The van der Waals surface area contributed by atoms with E-state index in [2.05, 4.69) is 42.0 Å². The number of ether oxygens (including phenoxy) is 3. The molecule has 0 radical (unpaired) electrons. The summed E-state index contributed by atoms with van der Waals surface area (Å²) in [7, 11) is 3.26. The van der Waals surface area contributed by atoms with E-state index >= 15 is 0 Å². The van der Waals surface area contributed by atoms with E-state index in [1.54, 1.807) is 36.9 Å². The summed E-state index contributed by atoms with van der Waals surface area (Å²) >= 11 is 3.69. The van der Waals surface area contributed by atoms with Crippen molar-refractivity contribution in [3.05, 3.63) is 124 Å². The van der Waals surface area contributed by atoms with Gasteiger partial charge in [0.2, 0.25) is 5.95 Å².